The second-order valence-electron chi connectivity index (χ2n) is 6.14. The monoisotopic (exact) mass is 281 g/mol. The normalized spacial score (nSPS) is 29.2. The van der Waals surface area contributed by atoms with Crippen LogP contribution in [0.15, 0.2) is 11.0 Å². The fraction of sp³-hybridized carbons (Fsp3) is 0.714. The topological polar surface area (TPSA) is 46.9 Å². The molecule has 1 aromatic heterocycles. The summed E-state index contributed by atoms with van der Waals surface area (Å²) in [5, 5.41) is 7.91. The predicted octanol–water partition coefficient (Wildman–Crippen LogP) is 3.08. The highest BCUT2D eigenvalue weighted by atomic mass is 35.5. The Hall–Kier alpha value is -1.03. The fourth-order valence-corrected chi connectivity index (χ4v) is 3.72. The lowest BCUT2D eigenvalue weighted by Gasteiger charge is -2.24. The van der Waals surface area contributed by atoms with Crippen molar-refractivity contribution in [1.29, 1.82) is 0 Å². The number of aromatic nitrogens is 2. The summed E-state index contributed by atoms with van der Waals surface area (Å²) in [6, 6.07) is 0.494. The zero-order valence-electron chi connectivity index (χ0n) is 11.4. The van der Waals surface area contributed by atoms with Crippen LogP contribution in [0.2, 0.25) is 5.02 Å². The molecule has 3 unspecified atom stereocenters. The van der Waals surface area contributed by atoms with E-state index in [0.717, 1.165) is 11.8 Å². The lowest BCUT2D eigenvalue weighted by atomic mass is 9.95. The van der Waals surface area contributed by atoms with Gasteiger partial charge in [0, 0.05) is 6.04 Å². The number of fused-ring (bicyclic) bond motifs is 2. The maximum Gasteiger partial charge on any atom is 0.287 e. The Morgan fingerprint density at radius 1 is 1.42 bits per heavy atom. The van der Waals surface area contributed by atoms with Gasteiger partial charge in [-0.15, -0.1) is 0 Å². The first-order valence-electron chi connectivity index (χ1n) is 7.10. The van der Waals surface area contributed by atoms with E-state index < -0.39 is 0 Å². The molecule has 1 aromatic rings. The van der Waals surface area contributed by atoms with E-state index >= 15 is 0 Å². The summed E-state index contributed by atoms with van der Waals surface area (Å²) in [5.41, 5.74) is 0.492. The molecule has 5 heteroatoms. The summed E-state index contributed by atoms with van der Waals surface area (Å²) in [7, 11) is 0. The Bertz CT molecular complexity index is 540. The van der Waals surface area contributed by atoms with Gasteiger partial charge >= 0.3 is 0 Å². The second-order valence-corrected chi connectivity index (χ2v) is 6.52. The number of hydrogen-bond donors (Lipinski definition) is 1. The molecule has 3 atom stereocenters. The van der Waals surface area contributed by atoms with E-state index in [1.54, 1.807) is 6.20 Å². The number of halogens is 1. The van der Waals surface area contributed by atoms with Crippen molar-refractivity contribution in [3.05, 3.63) is 21.6 Å². The van der Waals surface area contributed by atoms with E-state index in [1.165, 1.54) is 30.4 Å². The first kappa shape index (κ1) is 13.0. The van der Waals surface area contributed by atoms with Crippen molar-refractivity contribution in [2.45, 2.75) is 51.6 Å². The maximum atomic E-state index is 12.1. The van der Waals surface area contributed by atoms with Crippen LogP contribution in [0.5, 0.6) is 0 Å². The van der Waals surface area contributed by atoms with Gasteiger partial charge in [0.1, 0.15) is 5.02 Å². The lowest BCUT2D eigenvalue weighted by molar-refractivity contribution is 0.439. The van der Waals surface area contributed by atoms with Crippen LogP contribution in [-0.2, 0) is 0 Å². The van der Waals surface area contributed by atoms with Gasteiger partial charge in [-0.2, -0.15) is 5.10 Å². The molecule has 2 fully saturated rings. The number of rotatable bonds is 3. The molecule has 1 heterocycles. The van der Waals surface area contributed by atoms with E-state index in [-0.39, 0.29) is 16.6 Å². The van der Waals surface area contributed by atoms with E-state index in [2.05, 4.69) is 10.4 Å². The average Bonchev–Trinajstić information content (AvgIpc) is 2.97. The van der Waals surface area contributed by atoms with Crippen LogP contribution >= 0.6 is 11.6 Å². The molecular weight excluding hydrogens is 262 g/mol. The smallest absolute Gasteiger partial charge is 0.287 e. The minimum atomic E-state index is -0.204. The molecule has 104 valence electrons. The largest absolute Gasteiger partial charge is 0.379 e. The predicted molar refractivity (Wildman–Crippen MR) is 76.8 cm³/mol. The number of hydrogen-bond acceptors (Lipinski definition) is 3. The van der Waals surface area contributed by atoms with Gasteiger partial charge in [-0.05, 0) is 44.9 Å². The summed E-state index contributed by atoms with van der Waals surface area (Å²) in [6.07, 6.45) is 6.88. The zero-order valence-corrected chi connectivity index (χ0v) is 12.2. The van der Waals surface area contributed by atoms with Crippen LogP contribution in [-0.4, -0.2) is 15.8 Å². The van der Waals surface area contributed by atoms with Gasteiger partial charge in [-0.25, -0.2) is 4.68 Å². The molecule has 0 amide bonds. The van der Waals surface area contributed by atoms with Crippen molar-refractivity contribution in [2.24, 2.45) is 11.8 Å². The van der Waals surface area contributed by atoms with Gasteiger partial charge in [0.2, 0.25) is 0 Å². The second kappa shape index (κ2) is 4.82. The fourth-order valence-electron chi connectivity index (χ4n) is 3.53. The SMILES string of the molecule is CC(C)n1ncc(NC2CC3CCC2C3)c(Cl)c1=O. The van der Waals surface area contributed by atoms with Gasteiger partial charge in [-0.1, -0.05) is 18.0 Å². The van der Waals surface area contributed by atoms with Crippen LogP contribution in [0, 0.1) is 11.8 Å². The maximum absolute atomic E-state index is 12.1. The highest BCUT2D eigenvalue weighted by molar-refractivity contribution is 6.32. The van der Waals surface area contributed by atoms with Crippen LogP contribution in [0.3, 0.4) is 0 Å². The number of anilines is 1. The summed E-state index contributed by atoms with van der Waals surface area (Å²) < 4.78 is 1.42. The standard InChI is InChI=1S/C14H20ClN3O/c1-8(2)18-14(19)13(15)12(7-16-18)17-11-6-9-3-4-10(11)5-9/h7-11,17H,3-6H2,1-2H3. The molecule has 2 bridgehead atoms. The molecule has 19 heavy (non-hydrogen) atoms. The highest BCUT2D eigenvalue weighted by Gasteiger charge is 2.39. The Kier molecular flexibility index (Phi) is 3.29. The summed E-state index contributed by atoms with van der Waals surface area (Å²) in [6.45, 7) is 3.85. The van der Waals surface area contributed by atoms with Crippen LogP contribution < -0.4 is 10.9 Å². The van der Waals surface area contributed by atoms with Crippen molar-refractivity contribution in [3.63, 3.8) is 0 Å². The van der Waals surface area contributed by atoms with Crippen molar-refractivity contribution in [2.75, 3.05) is 5.32 Å². The quantitative estimate of drug-likeness (QED) is 0.926. The van der Waals surface area contributed by atoms with Crippen molar-refractivity contribution < 1.29 is 0 Å². The van der Waals surface area contributed by atoms with Gasteiger partial charge in [0.25, 0.3) is 5.56 Å². The zero-order chi connectivity index (χ0) is 13.6. The third-order valence-corrected chi connectivity index (χ3v) is 4.88. The molecule has 2 saturated carbocycles. The lowest BCUT2D eigenvalue weighted by Crippen LogP contribution is -2.30. The van der Waals surface area contributed by atoms with Crippen LogP contribution in [0.4, 0.5) is 5.69 Å². The molecule has 1 N–H and O–H groups in total. The summed E-state index contributed by atoms with van der Waals surface area (Å²) in [4.78, 5) is 12.1. The first-order chi connectivity index (χ1) is 9.06. The van der Waals surface area contributed by atoms with E-state index in [9.17, 15) is 4.79 Å². The molecule has 0 saturated heterocycles. The molecule has 3 rings (SSSR count). The van der Waals surface area contributed by atoms with E-state index in [1.807, 2.05) is 13.8 Å². The van der Waals surface area contributed by atoms with Crippen molar-refractivity contribution in [3.8, 4) is 0 Å². The third kappa shape index (κ3) is 2.27. The minimum Gasteiger partial charge on any atom is -0.379 e. The molecule has 0 radical (unpaired) electrons. The average molecular weight is 282 g/mol. The molecule has 2 aliphatic carbocycles. The van der Waals surface area contributed by atoms with Crippen molar-refractivity contribution >= 4 is 17.3 Å². The van der Waals surface area contributed by atoms with Crippen LogP contribution in [0.1, 0.15) is 45.6 Å². The summed E-state index contributed by atoms with van der Waals surface area (Å²) in [5.74, 6) is 1.61. The molecule has 0 spiro atoms. The van der Waals surface area contributed by atoms with E-state index in [4.69, 9.17) is 11.6 Å². The summed E-state index contributed by atoms with van der Waals surface area (Å²) >= 11 is 6.19. The molecule has 2 aliphatic rings. The van der Waals surface area contributed by atoms with Gasteiger partial charge < -0.3 is 5.32 Å². The Morgan fingerprint density at radius 3 is 2.79 bits per heavy atom. The Morgan fingerprint density at radius 2 is 2.21 bits per heavy atom. The molecule has 4 nitrogen and oxygen atoms in total. The Balaban J connectivity index is 1.82. The molecular formula is C14H20ClN3O. The molecule has 0 aliphatic heterocycles. The van der Waals surface area contributed by atoms with Gasteiger partial charge in [0.05, 0.1) is 17.9 Å². The number of nitrogens with zero attached hydrogens (tertiary/aromatic N) is 2. The highest BCUT2D eigenvalue weighted by Crippen LogP contribution is 2.45. The van der Waals surface area contributed by atoms with Gasteiger partial charge in [-0.3, -0.25) is 4.79 Å². The van der Waals surface area contributed by atoms with Gasteiger partial charge in [0.15, 0.2) is 0 Å². The first-order valence-corrected chi connectivity index (χ1v) is 7.48. The van der Waals surface area contributed by atoms with Crippen LogP contribution in [0.25, 0.3) is 0 Å². The van der Waals surface area contributed by atoms with E-state index in [0.29, 0.717) is 11.7 Å². The molecule has 0 aromatic carbocycles. The minimum absolute atomic E-state index is 0.0292. The Labute approximate surface area is 118 Å². The third-order valence-electron chi connectivity index (χ3n) is 4.51. The number of nitrogens with one attached hydrogen (secondary N) is 1. The van der Waals surface area contributed by atoms with Crippen molar-refractivity contribution in [1.82, 2.24) is 9.78 Å².